The number of nitrogens with one attached hydrogen (secondary N) is 4. The van der Waals surface area contributed by atoms with Crippen LogP contribution in [-0.4, -0.2) is 78.5 Å². The normalized spacial score (nSPS) is 30.7. The van der Waals surface area contributed by atoms with Crippen molar-refractivity contribution in [1.82, 2.24) is 21.3 Å². The summed E-state index contributed by atoms with van der Waals surface area (Å²) in [6, 6.07) is -2.57. The van der Waals surface area contributed by atoms with Crippen molar-refractivity contribution in [2.75, 3.05) is 26.2 Å². The topological polar surface area (TPSA) is 116 Å². The third-order valence-corrected chi connectivity index (χ3v) is 6.76. The molecule has 4 aliphatic rings. The van der Waals surface area contributed by atoms with Gasteiger partial charge in [0.25, 0.3) is 0 Å². The van der Waals surface area contributed by atoms with Crippen LogP contribution in [0.5, 0.6) is 0 Å². The fourth-order valence-corrected chi connectivity index (χ4v) is 5.17. The summed E-state index contributed by atoms with van der Waals surface area (Å²) in [6.07, 6.45) is 5.33. The zero-order valence-corrected chi connectivity index (χ0v) is 20.5. The van der Waals surface area contributed by atoms with Crippen LogP contribution in [0.2, 0.25) is 0 Å². The van der Waals surface area contributed by atoms with Crippen LogP contribution in [0, 0.1) is 0 Å². The van der Waals surface area contributed by atoms with Gasteiger partial charge in [0.1, 0.15) is 24.2 Å². The summed E-state index contributed by atoms with van der Waals surface area (Å²) in [6.45, 7) is 2.60. The van der Waals surface area contributed by atoms with E-state index in [1.165, 1.54) is 0 Å². The van der Waals surface area contributed by atoms with E-state index in [0.29, 0.717) is 51.9 Å². The molecule has 0 saturated carbocycles. The maximum Gasteiger partial charge on any atom is 0.353 e. The van der Waals surface area contributed by atoms with Crippen molar-refractivity contribution >= 4 is 31.4 Å². The molecule has 4 fully saturated rings. The van der Waals surface area contributed by atoms with Crippen molar-refractivity contribution in [3.05, 3.63) is 0 Å². The van der Waals surface area contributed by atoms with Gasteiger partial charge in [0.15, 0.2) is 0 Å². The Kier molecular flexibility index (Phi) is 8.06. The molecule has 0 bridgehead atoms. The number of carbonyl (C=O) groups excluding carboxylic acids is 4. The minimum absolute atomic E-state index is 0.543. The van der Waals surface area contributed by atoms with E-state index in [-0.39, 0.29) is 0 Å². The minimum atomic E-state index is -10.7. The van der Waals surface area contributed by atoms with E-state index in [1.807, 2.05) is 0 Å². The average Bonchev–Trinajstić information content (AvgIpc) is 3.59. The minimum Gasteiger partial charge on any atom is -0.302 e. The summed E-state index contributed by atoms with van der Waals surface area (Å²) in [4.78, 5) is 55.3. The van der Waals surface area contributed by atoms with Gasteiger partial charge in [0.2, 0.25) is 0 Å². The molecule has 0 radical (unpaired) electrons. The van der Waals surface area contributed by atoms with Crippen LogP contribution in [0.15, 0.2) is 0 Å². The van der Waals surface area contributed by atoms with Crippen LogP contribution < -0.4 is 21.3 Å². The van der Waals surface area contributed by atoms with Crippen molar-refractivity contribution in [3.63, 3.8) is 0 Å². The smallest absolute Gasteiger partial charge is 0.302 e. The molecular weight excluding hydrogens is 519 g/mol. The van der Waals surface area contributed by atoms with E-state index in [1.54, 1.807) is 0 Å². The number of imide groups is 6. The van der Waals surface area contributed by atoms with Crippen molar-refractivity contribution in [2.45, 2.75) is 75.5 Å². The van der Waals surface area contributed by atoms with Crippen LogP contribution >= 0.6 is 7.81 Å². The summed E-state index contributed by atoms with van der Waals surface area (Å²) in [5.41, 5.74) is 0. The number of hydrogen-bond donors (Lipinski definition) is 4. The summed E-state index contributed by atoms with van der Waals surface area (Å²) >= 11 is 0. The van der Waals surface area contributed by atoms with E-state index in [2.05, 4.69) is 21.3 Å². The number of quaternary nitrogens is 1. The molecule has 0 aromatic carbocycles. The first-order chi connectivity index (χ1) is 16.5. The van der Waals surface area contributed by atoms with Gasteiger partial charge in [-0.05, 0) is 77.5 Å². The number of amides is 4. The van der Waals surface area contributed by atoms with Gasteiger partial charge in [0, 0.05) is 0 Å². The summed E-state index contributed by atoms with van der Waals surface area (Å²) < 4.78 is 57.9. The molecule has 0 aliphatic carbocycles. The Bertz CT molecular complexity index is 750. The Morgan fingerprint density at radius 3 is 0.833 bits per heavy atom. The number of nitrogens with zero attached hydrogens (tertiary/aromatic N) is 1. The van der Waals surface area contributed by atoms with Gasteiger partial charge in [-0.15, -0.1) is 0 Å². The Balaban J connectivity index is 0.000000454. The van der Waals surface area contributed by atoms with Gasteiger partial charge in [0.05, 0.1) is 0 Å². The second-order valence-electron chi connectivity index (χ2n) is 9.58. The second kappa shape index (κ2) is 9.99. The molecule has 208 valence electrons. The quantitative estimate of drug-likeness (QED) is 0.182. The third-order valence-electron chi connectivity index (χ3n) is 6.76. The van der Waals surface area contributed by atoms with Gasteiger partial charge in [-0.1, -0.05) is 4.48 Å². The zero-order chi connectivity index (χ0) is 26.8. The molecule has 4 heterocycles. The molecule has 4 rings (SSSR count). The van der Waals surface area contributed by atoms with Crippen molar-refractivity contribution < 1.29 is 48.8 Å². The number of hydrogen-bond acceptors (Lipinski definition) is 8. The van der Waals surface area contributed by atoms with Gasteiger partial charge in [-0.25, -0.2) is 19.2 Å². The predicted octanol–water partition coefficient (Wildman–Crippen LogP) is 2.30. The third kappa shape index (κ3) is 7.29. The predicted molar refractivity (Wildman–Crippen MR) is 118 cm³/mol. The van der Waals surface area contributed by atoms with E-state index in [0.717, 1.165) is 25.7 Å². The molecule has 4 N–H and O–H groups in total. The molecular formula is C20H32F6N5O4P. The van der Waals surface area contributed by atoms with Crippen LogP contribution in [0.1, 0.15) is 51.4 Å². The van der Waals surface area contributed by atoms with E-state index in [4.69, 9.17) is 0 Å². The molecule has 4 atom stereocenters. The second-order valence-corrected chi connectivity index (χ2v) is 11.5. The van der Waals surface area contributed by atoms with Crippen LogP contribution in [-0.2, 0) is 19.2 Å². The first-order valence-electron chi connectivity index (χ1n) is 12.1. The van der Waals surface area contributed by atoms with Crippen molar-refractivity contribution in [3.8, 4) is 0 Å². The zero-order valence-electron chi connectivity index (χ0n) is 19.6. The fraction of sp³-hybridized carbons (Fsp3) is 0.800. The molecule has 4 amide bonds. The molecule has 0 aromatic rings. The van der Waals surface area contributed by atoms with Crippen molar-refractivity contribution in [1.29, 1.82) is 0 Å². The van der Waals surface area contributed by atoms with E-state index >= 15 is 0 Å². The Hall–Kier alpha value is -1.51. The van der Waals surface area contributed by atoms with Gasteiger partial charge in [-0.2, -0.15) is 0 Å². The maximum absolute atomic E-state index is 13.8. The first-order valence-corrected chi connectivity index (χ1v) is 14.1. The number of carbonyl (C=O) groups is 4. The van der Waals surface area contributed by atoms with Crippen LogP contribution in [0.4, 0.5) is 25.2 Å². The summed E-state index contributed by atoms with van der Waals surface area (Å²) in [7, 11) is -10.7. The Morgan fingerprint density at radius 2 is 0.694 bits per heavy atom. The molecule has 4 aliphatic heterocycles. The van der Waals surface area contributed by atoms with E-state index in [9.17, 15) is 44.4 Å². The molecule has 9 nitrogen and oxygen atoms in total. The largest absolute Gasteiger partial charge is 0.353 e. The fourth-order valence-electron chi connectivity index (χ4n) is 5.17. The van der Waals surface area contributed by atoms with Gasteiger partial charge in [-0.3, -0.25) is 0 Å². The number of rotatable bonds is 4. The Morgan fingerprint density at radius 1 is 0.500 bits per heavy atom. The first kappa shape index (κ1) is 29.1. The molecule has 0 unspecified atom stereocenters. The molecule has 16 heteroatoms. The summed E-state index contributed by atoms with van der Waals surface area (Å²) in [5.74, 6) is -2.34. The molecule has 0 aromatic heterocycles. The monoisotopic (exact) mass is 551 g/mol. The standard InChI is InChI=1S/C20H32N5O4.F6P/c26-17(13-5-1-9-21-13)25(18(27)14-6-2-10-22-14,19(28)15-7-3-11-23-15)20(29)16-8-4-12-24-16;1-7(2,3,4,5)6/h13-16,21-24H,1-12H2;/q+1;-1/t13-,14-,15-,16-;/m0./s1. The number of halogens is 6. The molecule has 4 saturated heterocycles. The van der Waals surface area contributed by atoms with Crippen LogP contribution in [0.25, 0.3) is 0 Å². The van der Waals surface area contributed by atoms with Crippen LogP contribution in [0.3, 0.4) is 0 Å². The van der Waals surface area contributed by atoms with Crippen molar-refractivity contribution in [2.24, 2.45) is 0 Å². The summed E-state index contributed by atoms with van der Waals surface area (Å²) in [5, 5.41) is 12.5. The average molecular weight is 551 g/mol. The van der Waals surface area contributed by atoms with Gasteiger partial charge < -0.3 is 21.3 Å². The molecule has 36 heavy (non-hydrogen) atoms. The van der Waals surface area contributed by atoms with E-state index < -0.39 is 60.1 Å². The molecule has 0 spiro atoms. The SMILES string of the molecule is F[P-](F)(F)(F)(F)F.O=C([C@@H]1CCCN1)[N+](C(=O)[C@@H]1CCCN1)(C(=O)[C@@H]1CCCN1)C(=O)[C@@H]1CCCN1. The Labute approximate surface area is 203 Å². The van der Waals surface area contributed by atoms with Gasteiger partial charge >= 0.3 is 56.6 Å². The maximum atomic E-state index is 13.8.